The highest BCUT2D eigenvalue weighted by atomic mass is 15.1. The van der Waals surface area contributed by atoms with Crippen molar-refractivity contribution in [2.75, 3.05) is 0 Å². The molecule has 0 aliphatic heterocycles. The number of aryl methyl sites for hydroxylation is 1. The third-order valence-corrected chi connectivity index (χ3v) is 3.31. The summed E-state index contributed by atoms with van der Waals surface area (Å²) in [7, 11) is 0. The molecule has 1 rings (SSSR count). The van der Waals surface area contributed by atoms with Gasteiger partial charge in [0.15, 0.2) is 0 Å². The Hall–Kier alpha value is -2.43. The molecule has 0 heterocycles. The first-order valence-electron chi connectivity index (χ1n) is 6.82. The van der Waals surface area contributed by atoms with E-state index in [1.165, 1.54) is 6.20 Å². The van der Waals surface area contributed by atoms with Crippen LogP contribution >= 0.6 is 0 Å². The first-order chi connectivity index (χ1) is 9.94. The van der Waals surface area contributed by atoms with Gasteiger partial charge in [-0.3, -0.25) is 5.41 Å². The maximum atomic E-state index is 8.38. The van der Waals surface area contributed by atoms with E-state index in [0.717, 1.165) is 22.9 Å². The predicted octanol–water partition coefficient (Wildman–Crippen LogP) is 2.68. The molecule has 0 radical (unpaired) electrons. The highest BCUT2D eigenvalue weighted by molar-refractivity contribution is 6.48. The highest BCUT2D eigenvalue weighted by Crippen LogP contribution is 2.22. The number of benzene rings is 1. The molecule has 21 heavy (non-hydrogen) atoms. The van der Waals surface area contributed by atoms with Gasteiger partial charge in [-0.1, -0.05) is 37.6 Å². The Kier molecular flexibility index (Phi) is 5.84. The lowest BCUT2D eigenvalue weighted by molar-refractivity contribution is 0.862. The smallest absolute Gasteiger partial charge is 0.0900 e. The Morgan fingerprint density at radius 1 is 1.38 bits per heavy atom. The Bertz CT molecular complexity index is 597. The molecule has 0 atom stereocenters. The van der Waals surface area contributed by atoms with Gasteiger partial charge in [-0.15, -0.1) is 0 Å². The van der Waals surface area contributed by atoms with Crippen LogP contribution in [-0.4, -0.2) is 17.6 Å². The summed E-state index contributed by atoms with van der Waals surface area (Å²) in [5.41, 5.74) is 9.78. The number of nitrogens with one attached hydrogen (secondary N) is 2. The number of hydrogen-bond acceptors (Lipinski definition) is 5. The van der Waals surface area contributed by atoms with Crippen LogP contribution in [0.2, 0.25) is 0 Å². The Labute approximate surface area is 125 Å². The second-order valence-corrected chi connectivity index (χ2v) is 5.26. The molecule has 0 spiro atoms. The van der Waals surface area contributed by atoms with Gasteiger partial charge in [-0.25, -0.2) is 0 Å². The van der Waals surface area contributed by atoms with Crippen molar-refractivity contribution in [2.45, 2.75) is 33.1 Å². The molecule has 0 saturated heterocycles. The van der Waals surface area contributed by atoms with Crippen molar-refractivity contribution < 1.29 is 0 Å². The fourth-order valence-corrected chi connectivity index (χ4v) is 2.09. The lowest BCUT2D eigenvalue weighted by atomic mass is 9.90. The van der Waals surface area contributed by atoms with Gasteiger partial charge in [0.2, 0.25) is 0 Å². The van der Waals surface area contributed by atoms with Gasteiger partial charge in [0.25, 0.3) is 0 Å². The topological polar surface area (TPSA) is 112 Å². The van der Waals surface area contributed by atoms with Gasteiger partial charge in [0, 0.05) is 18.2 Å². The van der Waals surface area contributed by atoms with Gasteiger partial charge in [-0.05, 0) is 30.2 Å². The number of rotatable bonds is 6. The van der Waals surface area contributed by atoms with E-state index in [4.69, 9.17) is 22.4 Å². The van der Waals surface area contributed by atoms with E-state index in [9.17, 15) is 0 Å². The van der Waals surface area contributed by atoms with E-state index in [1.54, 1.807) is 0 Å². The minimum absolute atomic E-state index is 0.279. The van der Waals surface area contributed by atoms with Gasteiger partial charge in [0.1, 0.15) is 0 Å². The van der Waals surface area contributed by atoms with Crippen LogP contribution in [0.5, 0.6) is 0 Å². The van der Waals surface area contributed by atoms with E-state index >= 15 is 0 Å². The third kappa shape index (κ3) is 4.02. The average Bonchev–Trinajstić information content (AvgIpc) is 2.48. The van der Waals surface area contributed by atoms with Gasteiger partial charge >= 0.3 is 0 Å². The molecule has 1 aromatic carbocycles. The largest absolute Gasteiger partial charge is 0.404 e. The van der Waals surface area contributed by atoms with E-state index in [1.807, 2.05) is 19.1 Å². The van der Waals surface area contributed by atoms with Gasteiger partial charge in [0.05, 0.1) is 11.4 Å². The minimum atomic E-state index is 0.279. The van der Waals surface area contributed by atoms with Crippen molar-refractivity contribution in [2.24, 2.45) is 16.7 Å². The lowest BCUT2D eigenvalue weighted by Crippen LogP contribution is -2.20. The zero-order valence-electron chi connectivity index (χ0n) is 12.8. The molecule has 0 aliphatic rings. The number of allylic oxidation sites excluding steroid dienone is 1. The van der Waals surface area contributed by atoms with Crippen LogP contribution in [0.25, 0.3) is 0 Å². The molecule has 0 fully saturated rings. The lowest BCUT2D eigenvalue weighted by Gasteiger charge is -2.15. The first-order valence-corrected chi connectivity index (χ1v) is 6.82. The number of hydrazone groups is 1. The molecule has 0 unspecified atom stereocenters. The number of hydrogen-bond donors (Lipinski definition) is 4. The standard InChI is InChI=1S/C16H23N5/c1-10(2)14-6-11(3)4-5-13(14)16(19)15(21-20)7-12(8-17)9-18/h4-6,8-10,17,19H,7,18,20H2,1-3H3/b12-9-,17-8?,19-16?,21-15-. The highest BCUT2D eigenvalue weighted by Gasteiger charge is 2.16. The van der Waals surface area contributed by atoms with Crippen molar-refractivity contribution in [3.63, 3.8) is 0 Å². The molecule has 6 N–H and O–H groups in total. The Balaban J connectivity index is 3.21. The molecule has 0 aromatic heterocycles. The van der Waals surface area contributed by atoms with Crippen molar-refractivity contribution in [1.82, 2.24) is 0 Å². The summed E-state index contributed by atoms with van der Waals surface area (Å²) < 4.78 is 0. The summed E-state index contributed by atoms with van der Waals surface area (Å²) in [6.07, 6.45) is 2.77. The second-order valence-electron chi connectivity index (χ2n) is 5.26. The van der Waals surface area contributed by atoms with Crippen molar-refractivity contribution in [3.8, 4) is 0 Å². The number of nitrogens with zero attached hydrogens (tertiary/aromatic N) is 1. The van der Waals surface area contributed by atoms with Crippen molar-refractivity contribution >= 4 is 17.6 Å². The van der Waals surface area contributed by atoms with Crippen LogP contribution in [0.4, 0.5) is 0 Å². The zero-order valence-corrected chi connectivity index (χ0v) is 12.8. The zero-order chi connectivity index (χ0) is 16.0. The first kappa shape index (κ1) is 16.6. The summed E-state index contributed by atoms with van der Waals surface area (Å²) >= 11 is 0. The van der Waals surface area contributed by atoms with Crippen LogP contribution in [0.3, 0.4) is 0 Å². The van der Waals surface area contributed by atoms with E-state index in [0.29, 0.717) is 17.2 Å². The quantitative estimate of drug-likeness (QED) is 0.366. The van der Waals surface area contributed by atoms with Crippen LogP contribution in [0.1, 0.15) is 42.9 Å². The SMILES string of the molecule is Cc1ccc(C(=N)/C(C/C(C=N)=C/N)=N\N)c(C(C)C)c1. The maximum absolute atomic E-state index is 8.38. The van der Waals surface area contributed by atoms with Crippen LogP contribution in [-0.2, 0) is 0 Å². The Morgan fingerprint density at radius 3 is 2.52 bits per heavy atom. The van der Waals surface area contributed by atoms with Crippen molar-refractivity contribution in [1.29, 1.82) is 10.8 Å². The molecular weight excluding hydrogens is 262 g/mol. The maximum Gasteiger partial charge on any atom is 0.0900 e. The molecule has 0 aliphatic carbocycles. The molecule has 5 heteroatoms. The molecule has 0 amide bonds. The summed E-state index contributed by atoms with van der Waals surface area (Å²) in [5.74, 6) is 5.73. The third-order valence-electron chi connectivity index (χ3n) is 3.31. The second kappa shape index (κ2) is 7.38. The molecular formula is C16H23N5. The van der Waals surface area contributed by atoms with E-state index in [2.05, 4.69) is 25.0 Å². The summed E-state index contributed by atoms with van der Waals surface area (Å²) in [6, 6.07) is 5.98. The fraction of sp³-hybridized carbons (Fsp3) is 0.312. The normalized spacial score (nSPS) is 12.6. The van der Waals surface area contributed by atoms with Crippen LogP contribution in [0, 0.1) is 17.7 Å². The van der Waals surface area contributed by atoms with Crippen molar-refractivity contribution in [3.05, 3.63) is 46.7 Å². The molecule has 5 nitrogen and oxygen atoms in total. The molecule has 0 saturated carbocycles. The van der Waals surface area contributed by atoms with Gasteiger partial charge in [-0.2, -0.15) is 5.10 Å². The van der Waals surface area contributed by atoms with E-state index in [-0.39, 0.29) is 12.1 Å². The predicted molar refractivity (Wildman–Crippen MR) is 89.4 cm³/mol. The summed E-state index contributed by atoms with van der Waals surface area (Å²) in [6.45, 7) is 6.21. The monoisotopic (exact) mass is 285 g/mol. The van der Waals surface area contributed by atoms with E-state index < -0.39 is 0 Å². The molecule has 0 bridgehead atoms. The van der Waals surface area contributed by atoms with Crippen LogP contribution < -0.4 is 11.6 Å². The fourth-order valence-electron chi connectivity index (χ4n) is 2.09. The minimum Gasteiger partial charge on any atom is -0.404 e. The molecule has 112 valence electrons. The summed E-state index contributed by atoms with van der Waals surface area (Å²) in [4.78, 5) is 0. The van der Waals surface area contributed by atoms with Crippen LogP contribution in [0.15, 0.2) is 35.1 Å². The number of nitrogens with two attached hydrogens (primary N) is 2. The molecule has 1 aromatic rings. The Morgan fingerprint density at radius 2 is 2.05 bits per heavy atom. The summed E-state index contributed by atoms with van der Waals surface area (Å²) in [5, 5.41) is 19.4. The average molecular weight is 285 g/mol. The van der Waals surface area contributed by atoms with Gasteiger partial charge < -0.3 is 17.0 Å².